The summed E-state index contributed by atoms with van der Waals surface area (Å²) in [6.07, 6.45) is -4.82. The van der Waals surface area contributed by atoms with E-state index in [1.807, 2.05) is 0 Å². The van der Waals surface area contributed by atoms with Gasteiger partial charge in [0, 0.05) is 22.7 Å². The molecule has 1 N–H and O–H groups in total. The number of hydrogen-bond donors (Lipinski definition) is 1. The number of amides is 1. The highest BCUT2D eigenvalue weighted by Crippen LogP contribution is 2.41. The molecule has 2 atom stereocenters. The smallest absolute Gasteiger partial charge is 0.411 e. The fraction of sp³-hybridized carbons (Fsp3) is 0.278. The molecule has 1 aromatic heterocycles. The Balaban J connectivity index is 2.01. The molecule has 0 fully saturated rings. The van der Waals surface area contributed by atoms with Crippen molar-refractivity contribution in [2.45, 2.75) is 24.2 Å². The van der Waals surface area contributed by atoms with Gasteiger partial charge in [0.1, 0.15) is 6.67 Å². The molecule has 0 spiro atoms. The zero-order chi connectivity index (χ0) is 21.2. The molecule has 0 saturated heterocycles. The van der Waals surface area contributed by atoms with Gasteiger partial charge in [0.15, 0.2) is 11.6 Å². The van der Waals surface area contributed by atoms with Crippen molar-refractivity contribution in [3.63, 3.8) is 0 Å². The molecule has 1 aliphatic rings. The third-order valence-corrected chi connectivity index (χ3v) is 4.67. The molecule has 2 heterocycles. The van der Waals surface area contributed by atoms with Gasteiger partial charge in [-0.25, -0.2) is 14.4 Å². The largest absolute Gasteiger partial charge is 0.450 e. The second-order valence-electron chi connectivity index (χ2n) is 6.24. The maximum atomic E-state index is 14.3. The maximum Gasteiger partial charge on any atom is 0.411 e. The number of halogens is 6. The highest BCUT2D eigenvalue weighted by atomic mass is 79.9. The van der Waals surface area contributed by atoms with Crippen molar-refractivity contribution < 1.29 is 31.5 Å². The van der Waals surface area contributed by atoms with Crippen molar-refractivity contribution in [3.05, 3.63) is 64.1 Å². The minimum Gasteiger partial charge on any atom is -0.450 e. The van der Waals surface area contributed by atoms with Crippen LogP contribution in [0, 0.1) is 5.95 Å². The summed E-state index contributed by atoms with van der Waals surface area (Å²) in [5, 5.41) is 2.10. The van der Waals surface area contributed by atoms with Crippen molar-refractivity contribution in [2.75, 3.05) is 6.67 Å². The number of rotatable bonds is 3. The summed E-state index contributed by atoms with van der Waals surface area (Å²) in [7, 11) is 0. The van der Waals surface area contributed by atoms with Gasteiger partial charge in [-0.3, -0.25) is 10.1 Å². The first-order valence-electron chi connectivity index (χ1n) is 8.22. The highest BCUT2D eigenvalue weighted by molar-refractivity contribution is 9.10. The number of carbonyl (C=O) groups excluding carboxylic acids is 1. The topological polar surface area (TPSA) is 63.6 Å². The van der Waals surface area contributed by atoms with E-state index in [0.717, 1.165) is 12.3 Å². The van der Waals surface area contributed by atoms with Crippen LogP contribution in [-0.4, -0.2) is 35.8 Å². The molecule has 1 aromatic carbocycles. The van der Waals surface area contributed by atoms with Gasteiger partial charge in [-0.15, -0.1) is 0 Å². The number of pyridine rings is 1. The Morgan fingerprint density at radius 2 is 2.00 bits per heavy atom. The lowest BCUT2D eigenvalue weighted by Gasteiger charge is -2.38. The Bertz CT molecular complexity index is 939. The first kappa shape index (κ1) is 21.2. The Kier molecular flexibility index (Phi) is 5.87. The number of ether oxygens (including phenoxy) is 1. The molecule has 0 radical (unpaired) electrons. The van der Waals surface area contributed by atoms with Gasteiger partial charge in [0.25, 0.3) is 11.9 Å². The zero-order valence-corrected chi connectivity index (χ0v) is 16.1. The zero-order valence-electron chi connectivity index (χ0n) is 14.5. The average Bonchev–Trinajstić information content (AvgIpc) is 2.69. The minimum absolute atomic E-state index is 0.120. The molecular weight excluding hydrogens is 465 g/mol. The lowest BCUT2D eigenvalue weighted by molar-refractivity contribution is -0.167. The van der Waals surface area contributed by atoms with Crippen LogP contribution in [0.25, 0.3) is 0 Å². The summed E-state index contributed by atoms with van der Waals surface area (Å²) < 4.78 is 74.2. The van der Waals surface area contributed by atoms with Gasteiger partial charge in [-0.2, -0.15) is 17.6 Å². The average molecular weight is 478 g/mol. The summed E-state index contributed by atoms with van der Waals surface area (Å²) in [5.41, 5.74) is -2.78. The van der Waals surface area contributed by atoms with E-state index in [9.17, 15) is 26.7 Å². The molecule has 2 aromatic rings. The Morgan fingerprint density at radius 1 is 1.31 bits per heavy atom. The predicted octanol–water partition coefficient (Wildman–Crippen LogP) is 4.29. The molecule has 154 valence electrons. The van der Waals surface area contributed by atoms with E-state index < -0.39 is 54.4 Å². The summed E-state index contributed by atoms with van der Waals surface area (Å²) in [4.78, 5) is 19.0. The van der Waals surface area contributed by atoms with Crippen LogP contribution in [0.4, 0.5) is 22.0 Å². The fourth-order valence-corrected chi connectivity index (χ4v) is 3.15. The molecule has 29 heavy (non-hydrogen) atoms. The molecule has 3 rings (SSSR count). The first-order valence-corrected chi connectivity index (χ1v) is 9.01. The van der Waals surface area contributed by atoms with Crippen LogP contribution < -0.4 is 5.32 Å². The van der Waals surface area contributed by atoms with E-state index in [4.69, 9.17) is 4.74 Å². The van der Waals surface area contributed by atoms with E-state index in [1.165, 1.54) is 12.1 Å². The number of amidine groups is 1. The molecule has 0 aliphatic carbocycles. The molecule has 1 amide bonds. The quantitative estimate of drug-likeness (QED) is 0.529. The van der Waals surface area contributed by atoms with Crippen LogP contribution in [-0.2, 0) is 10.3 Å². The summed E-state index contributed by atoms with van der Waals surface area (Å²) in [6, 6.07) is 5.37. The number of aliphatic imine (C=N–C) groups is 1. The van der Waals surface area contributed by atoms with Crippen LogP contribution in [0.2, 0.25) is 0 Å². The Hall–Kier alpha value is -2.56. The van der Waals surface area contributed by atoms with Crippen molar-refractivity contribution in [2.24, 2.45) is 4.99 Å². The normalized spacial score (nSPS) is 21.9. The fourth-order valence-electron chi connectivity index (χ4n) is 2.82. The second-order valence-corrected chi connectivity index (χ2v) is 7.15. The first-order chi connectivity index (χ1) is 13.6. The second kappa shape index (κ2) is 8.05. The van der Waals surface area contributed by atoms with Crippen LogP contribution in [0.15, 0.2) is 52.1 Å². The van der Waals surface area contributed by atoms with Crippen LogP contribution >= 0.6 is 15.9 Å². The Morgan fingerprint density at radius 3 is 2.62 bits per heavy atom. The van der Waals surface area contributed by atoms with Crippen LogP contribution in [0.3, 0.4) is 0 Å². The number of alkyl halides is 4. The van der Waals surface area contributed by atoms with Gasteiger partial charge >= 0.3 is 6.18 Å². The van der Waals surface area contributed by atoms with E-state index in [2.05, 4.69) is 31.2 Å². The predicted molar refractivity (Wildman–Crippen MR) is 96.4 cm³/mol. The monoisotopic (exact) mass is 477 g/mol. The number of nitrogens with zero attached hydrogens (tertiary/aromatic N) is 2. The maximum absolute atomic E-state index is 14.3. The summed E-state index contributed by atoms with van der Waals surface area (Å²) >= 11 is 3.03. The van der Waals surface area contributed by atoms with Gasteiger partial charge in [0.2, 0.25) is 5.95 Å². The molecule has 11 heteroatoms. The lowest BCUT2D eigenvalue weighted by Crippen LogP contribution is -2.51. The molecule has 0 saturated carbocycles. The molecule has 1 aliphatic heterocycles. The number of hydrogen-bond acceptors (Lipinski definition) is 4. The van der Waals surface area contributed by atoms with E-state index in [1.54, 1.807) is 18.2 Å². The third-order valence-electron chi connectivity index (χ3n) is 4.23. The standard InChI is InChI=1S/C18H13BrF5N3O2/c19-11-6-12(14(21)25-8-11)17(9-20)7-13(18(22,23)24)26-16(29-17)27-15(28)10-4-2-1-3-5-10/h1-6,8,13H,7,9H2,(H,26,27,28)/t13-,17+/m0/s1. The summed E-state index contributed by atoms with van der Waals surface area (Å²) in [6.45, 7) is -1.51. The highest BCUT2D eigenvalue weighted by Gasteiger charge is 2.52. The molecule has 0 unspecified atom stereocenters. The van der Waals surface area contributed by atoms with Crippen molar-refractivity contribution in [3.8, 4) is 0 Å². The van der Waals surface area contributed by atoms with Crippen LogP contribution in [0.1, 0.15) is 22.3 Å². The third kappa shape index (κ3) is 4.55. The van der Waals surface area contributed by atoms with Crippen molar-refractivity contribution >= 4 is 27.9 Å². The number of carbonyl (C=O) groups is 1. The van der Waals surface area contributed by atoms with E-state index >= 15 is 0 Å². The summed E-state index contributed by atoms with van der Waals surface area (Å²) in [5.74, 6) is -2.00. The van der Waals surface area contributed by atoms with Crippen LogP contribution in [0.5, 0.6) is 0 Å². The number of nitrogens with one attached hydrogen (secondary N) is 1. The van der Waals surface area contributed by atoms with Crippen molar-refractivity contribution in [1.82, 2.24) is 10.3 Å². The number of benzene rings is 1. The van der Waals surface area contributed by atoms with E-state index in [-0.39, 0.29) is 10.0 Å². The van der Waals surface area contributed by atoms with Gasteiger partial charge in [0.05, 0.1) is 5.56 Å². The molecule has 5 nitrogen and oxygen atoms in total. The van der Waals surface area contributed by atoms with Gasteiger partial charge in [-0.05, 0) is 34.1 Å². The number of aromatic nitrogens is 1. The van der Waals surface area contributed by atoms with Crippen molar-refractivity contribution in [1.29, 1.82) is 0 Å². The molecular formula is C18H13BrF5N3O2. The van der Waals surface area contributed by atoms with E-state index in [0.29, 0.717) is 0 Å². The minimum atomic E-state index is -4.87. The molecule has 0 bridgehead atoms. The van der Waals surface area contributed by atoms with Gasteiger partial charge in [-0.1, -0.05) is 18.2 Å². The Labute approximate surface area is 170 Å². The lowest BCUT2D eigenvalue weighted by atomic mass is 9.87. The van der Waals surface area contributed by atoms with Gasteiger partial charge < -0.3 is 4.74 Å². The SMILES string of the molecule is O=C(NC1=N[C@H](C(F)(F)F)C[C@@](CF)(c2cc(Br)cnc2F)O1)c1ccccc1.